The van der Waals surface area contributed by atoms with Crippen molar-refractivity contribution in [1.82, 2.24) is 15.5 Å². The number of aliphatic hydroxyl groups is 1. The van der Waals surface area contributed by atoms with Crippen molar-refractivity contribution in [2.75, 3.05) is 13.2 Å². The molecule has 0 aliphatic carbocycles. The van der Waals surface area contributed by atoms with Gasteiger partial charge >= 0.3 is 12.1 Å². The van der Waals surface area contributed by atoms with Gasteiger partial charge in [0.1, 0.15) is 35.1 Å². The molecule has 2 aromatic rings. The second-order valence-electron chi connectivity index (χ2n) is 13.0. The molecule has 11 heteroatoms. The lowest BCUT2D eigenvalue weighted by atomic mass is 9.95. The van der Waals surface area contributed by atoms with Gasteiger partial charge in [-0.2, -0.15) is 0 Å². The molecule has 0 saturated heterocycles. The molecule has 45 heavy (non-hydrogen) atoms. The molecular formula is C34H49N3O8. The number of hydrogen-bond acceptors (Lipinski definition) is 8. The zero-order valence-electron chi connectivity index (χ0n) is 27.6. The minimum absolute atomic E-state index is 0.109. The van der Waals surface area contributed by atoms with E-state index in [4.69, 9.17) is 9.47 Å². The SMILES string of the molecule is CCC(C)C(NC(=O)OC(C)(C)C)C(=O)N(CCO)C(C(=O)NC(Cc1ccccc1)C(=O)OC(C)(C)C)c1cccc(O)c1. The van der Waals surface area contributed by atoms with Gasteiger partial charge in [-0.05, 0) is 70.7 Å². The number of esters is 1. The van der Waals surface area contributed by atoms with Crippen LogP contribution in [0.4, 0.5) is 4.79 Å². The van der Waals surface area contributed by atoms with Crippen LogP contribution >= 0.6 is 0 Å². The summed E-state index contributed by atoms with van der Waals surface area (Å²) in [6.45, 7) is 13.1. The fraction of sp³-hybridized carbons (Fsp3) is 0.529. The predicted octanol–water partition coefficient (Wildman–Crippen LogP) is 4.26. The van der Waals surface area contributed by atoms with Crippen molar-refractivity contribution in [3.05, 3.63) is 65.7 Å². The van der Waals surface area contributed by atoms with Crippen LogP contribution in [0.15, 0.2) is 54.6 Å². The number of carbonyl (C=O) groups is 4. The third-order valence-electron chi connectivity index (χ3n) is 6.81. The number of amides is 3. The summed E-state index contributed by atoms with van der Waals surface area (Å²) < 4.78 is 11.0. The van der Waals surface area contributed by atoms with E-state index >= 15 is 0 Å². The Morgan fingerprint density at radius 3 is 2.04 bits per heavy atom. The number of benzene rings is 2. The fourth-order valence-corrected chi connectivity index (χ4v) is 4.60. The normalized spacial score (nSPS) is 14.3. The minimum Gasteiger partial charge on any atom is -0.508 e. The van der Waals surface area contributed by atoms with Crippen molar-refractivity contribution in [3.63, 3.8) is 0 Å². The van der Waals surface area contributed by atoms with Crippen LogP contribution in [-0.2, 0) is 30.3 Å². The molecule has 0 fully saturated rings. The van der Waals surface area contributed by atoms with Crippen molar-refractivity contribution in [3.8, 4) is 5.75 Å². The number of nitrogens with one attached hydrogen (secondary N) is 2. The van der Waals surface area contributed by atoms with E-state index in [9.17, 15) is 29.4 Å². The molecule has 0 aromatic heterocycles. The Bertz CT molecular complexity index is 1290. The summed E-state index contributed by atoms with van der Waals surface area (Å²) in [6, 6.07) is 11.3. The Morgan fingerprint density at radius 2 is 1.51 bits per heavy atom. The first-order valence-electron chi connectivity index (χ1n) is 15.2. The lowest BCUT2D eigenvalue weighted by molar-refractivity contribution is -0.159. The first-order valence-corrected chi connectivity index (χ1v) is 15.2. The average molecular weight is 628 g/mol. The number of rotatable bonds is 13. The molecule has 4 atom stereocenters. The Balaban J connectivity index is 2.59. The number of aromatic hydroxyl groups is 1. The van der Waals surface area contributed by atoms with E-state index in [1.807, 2.05) is 37.3 Å². The molecule has 0 spiro atoms. The second kappa shape index (κ2) is 16.3. The van der Waals surface area contributed by atoms with Crippen LogP contribution in [0.25, 0.3) is 0 Å². The zero-order chi connectivity index (χ0) is 33.9. The Hall–Kier alpha value is -4.12. The van der Waals surface area contributed by atoms with Crippen LogP contribution in [0, 0.1) is 5.92 Å². The lowest BCUT2D eigenvalue weighted by Crippen LogP contribution is -2.57. The van der Waals surface area contributed by atoms with E-state index in [1.54, 1.807) is 54.5 Å². The highest BCUT2D eigenvalue weighted by atomic mass is 16.6. The number of carbonyl (C=O) groups excluding carboxylic acids is 4. The highest BCUT2D eigenvalue weighted by Crippen LogP contribution is 2.27. The van der Waals surface area contributed by atoms with Crippen LogP contribution in [0.3, 0.4) is 0 Å². The molecule has 2 rings (SSSR count). The van der Waals surface area contributed by atoms with Crippen LogP contribution in [0.2, 0.25) is 0 Å². The highest BCUT2D eigenvalue weighted by Gasteiger charge is 2.39. The van der Waals surface area contributed by atoms with E-state index in [-0.39, 0.29) is 30.2 Å². The minimum atomic E-state index is -1.40. The number of nitrogens with zero attached hydrogens (tertiary/aromatic N) is 1. The average Bonchev–Trinajstić information content (AvgIpc) is 2.93. The first kappa shape index (κ1) is 37.1. The summed E-state index contributed by atoms with van der Waals surface area (Å²) in [5.41, 5.74) is -0.657. The number of hydrogen-bond donors (Lipinski definition) is 4. The van der Waals surface area contributed by atoms with E-state index in [0.29, 0.717) is 6.42 Å². The third kappa shape index (κ3) is 12.1. The molecule has 0 saturated carbocycles. The van der Waals surface area contributed by atoms with Crippen LogP contribution in [0.1, 0.15) is 79.0 Å². The first-order chi connectivity index (χ1) is 21.0. The van der Waals surface area contributed by atoms with Gasteiger partial charge in [-0.15, -0.1) is 0 Å². The molecule has 2 aromatic carbocycles. The van der Waals surface area contributed by atoms with Crippen molar-refractivity contribution < 1.29 is 38.9 Å². The molecule has 0 bridgehead atoms. The topological polar surface area (TPSA) is 154 Å². The standard InChI is InChI=1S/C34H49N3O8/c1-9-22(2)27(36-32(43)45-34(6,7)8)30(41)37(18-19-38)28(24-16-13-17-25(39)21-24)29(40)35-26(31(42)44-33(3,4)5)20-23-14-11-10-12-15-23/h10-17,21-22,26-28,38-39H,9,18-20H2,1-8H3,(H,35,40)(H,36,43). The molecule has 0 radical (unpaired) electrons. The fourth-order valence-electron chi connectivity index (χ4n) is 4.60. The van der Waals surface area contributed by atoms with E-state index in [0.717, 1.165) is 10.5 Å². The number of aliphatic hydroxyl groups excluding tert-OH is 1. The Kier molecular flexibility index (Phi) is 13.4. The van der Waals surface area contributed by atoms with Gasteiger partial charge in [0.05, 0.1) is 6.61 Å². The summed E-state index contributed by atoms with van der Waals surface area (Å²) in [6.07, 6.45) is -0.200. The lowest BCUT2D eigenvalue weighted by Gasteiger charge is -2.36. The molecular weight excluding hydrogens is 578 g/mol. The summed E-state index contributed by atoms with van der Waals surface area (Å²) in [5, 5.41) is 25.8. The third-order valence-corrected chi connectivity index (χ3v) is 6.81. The maximum atomic E-state index is 14.2. The van der Waals surface area contributed by atoms with Gasteiger partial charge in [-0.3, -0.25) is 9.59 Å². The van der Waals surface area contributed by atoms with Crippen LogP contribution in [0.5, 0.6) is 5.75 Å². The largest absolute Gasteiger partial charge is 0.508 e. The maximum absolute atomic E-state index is 14.2. The monoisotopic (exact) mass is 627 g/mol. The number of phenols is 1. The van der Waals surface area contributed by atoms with Crippen molar-refractivity contribution >= 4 is 23.9 Å². The van der Waals surface area contributed by atoms with Gasteiger partial charge in [-0.1, -0.05) is 62.7 Å². The van der Waals surface area contributed by atoms with Crippen molar-refractivity contribution in [2.24, 2.45) is 5.92 Å². The van der Waals surface area contributed by atoms with Crippen molar-refractivity contribution in [2.45, 2.75) is 97.6 Å². The Morgan fingerprint density at radius 1 is 0.889 bits per heavy atom. The van der Waals surface area contributed by atoms with Gasteiger partial charge in [0.25, 0.3) is 0 Å². The molecule has 11 nitrogen and oxygen atoms in total. The molecule has 4 unspecified atom stereocenters. The van der Waals surface area contributed by atoms with Gasteiger partial charge in [-0.25, -0.2) is 9.59 Å². The summed E-state index contributed by atoms with van der Waals surface area (Å²) in [7, 11) is 0. The summed E-state index contributed by atoms with van der Waals surface area (Å²) in [5.74, 6) is -2.59. The molecule has 0 heterocycles. The van der Waals surface area contributed by atoms with Crippen LogP contribution in [-0.4, -0.2) is 75.4 Å². The predicted molar refractivity (Wildman–Crippen MR) is 170 cm³/mol. The smallest absolute Gasteiger partial charge is 0.408 e. The number of ether oxygens (including phenoxy) is 2. The highest BCUT2D eigenvalue weighted by molar-refractivity contribution is 5.94. The maximum Gasteiger partial charge on any atom is 0.408 e. The second-order valence-corrected chi connectivity index (χ2v) is 13.0. The number of phenolic OH excluding ortho intramolecular Hbond substituents is 1. The Labute approximate surface area is 266 Å². The van der Waals surface area contributed by atoms with E-state index in [2.05, 4.69) is 10.6 Å². The summed E-state index contributed by atoms with van der Waals surface area (Å²) in [4.78, 5) is 55.8. The molecule has 0 aliphatic heterocycles. The molecule has 3 amide bonds. The molecule has 0 aliphatic rings. The number of alkyl carbamates (subject to hydrolysis) is 1. The van der Waals surface area contributed by atoms with Gasteiger partial charge in [0.2, 0.25) is 11.8 Å². The van der Waals surface area contributed by atoms with Crippen molar-refractivity contribution in [1.29, 1.82) is 0 Å². The van der Waals surface area contributed by atoms with Crippen LogP contribution < -0.4 is 10.6 Å². The molecule has 248 valence electrons. The van der Waals surface area contributed by atoms with E-state index in [1.165, 1.54) is 18.2 Å². The summed E-state index contributed by atoms with van der Waals surface area (Å²) >= 11 is 0. The quantitative estimate of drug-likeness (QED) is 0.240. The van der Waals surface area contributed by atoms with Gasteiger partial charge in [0, 0.05) is 13.0 Å². The zero-order valence-corrected chi connectivity index (χ0v) is 27.6. The molecule has 4 N–H and O–H groups in total. The van der Waals surface area contributed by atoms with Gasteiger partial charge in [0.15, 0.2) is 0 Å². The van der Waals surface area contributed by atoms with Gasteiger partial charge < -0.3 is 35.2 Å². The van der Waals surface area contributed by atoms with E-state index < -0.39 is 59.8 Å².